The van der Waals surface area contributed by atoms with Crippen LogP contribution >= 0.6 is 0 Å². The number of hydrogen-bond donors (Lipinski definition) is 1. The predicted molar refractivity (Wildman–Crippen MR) is 52.5 cm³/mol. The summed E-state index contributed by atoms with van der Waals surface area (Å²) in [6.45, 7) is 0.164. The first-order valence-electron chi connectivity index (χ1n) is 4.55. The van der Waals surface area contributed by atoms with Gasteiger partial charge in [-0.05, 0) is 0 Å². The molecule has 1 aliphatic heterocycles. The van der Waals surface area contributed by atoms with Crippen molar-refractivity contribution < 1.29 is 39.5 Å². The van der Waals surface area contributed by atoms with Gasteiger partial charge in [-0.15, -0.1) is 4.13 Å². The van der Waals surface area contributed by atoms with E-state index < -0.39 is 37.9 Å². The third-order valence-corrected chi connectivity index (χ3v) is 4.95. The first-order chi connectivity index (χ1) is 8.04. The van der Waals surface area contributed by atoms with E-state index in [1.54, 1.807) is 0 Å². The van der Waals surface area contributed by atoms with Crippen molar-refractivity contribution in [2.24, 2.45) is 0 Å². The van der Waals surface area contributed by atoms with Gasteiger partial charge in [-0.3, -0.25) is 0 Å². The average Bonchev–Trinajstić information content (AvgIpc) is 2.92. The summed E-state index contributed by atoms with van der Waals surface area (Å²) >= 11 is 0. The third kappa shape index (κ3) is 5.06. The fourth-order valence-electron chi connectivity index (χ4n) is 0.804. The summed E-state index contributed by atoms with van der Waals surface area (Å²) in [7, 11) is -10.5. The summed E-state index contributed by atoms with van der Waals surface area (Å²) < 4.78 is 89.0. The van der Waals surface area contributed by atoms with Gasteiger partial charge < -0.3 is 9.47 Å². The second kappa shape index (κ2) is 5.28. The van der Waals surface area contributed by atoms with Crippen LogP contribution in [0.15, 0.2) is 0 Å². The Labute approximate surface area is 101 Å². The lowest BCUT2D eigenvalue weighted by atomic mass is 10.5. The summed E-state index contributed by atoms with van der Waals surface area (Å²) in [6.07, 6.45) is -0.125. The van der Waals surface area contributed by atoms with Crippen LogP contribution in [0.1, 0.15) is 0 Å². The van der Waals surface area contributed by atoms with Crippen molar-refractivity contribution in [1.29, 1.82) is 0 Å². The maximum absolute atomic E-state index is 11.9. The molecule has 0 aliphatic carbocycles. The molecule has 7 nitrogen and oxygen atoms in total. The number of nitrogens with one attached hydrogen (secondary N) is 1. The number of halogens is 3. The molecule has 0 aromatic carbocycles. The summed E-state index contributed by atoms with van der Waals surface area (Å²) in [5.74, 6) is -0.894. The van der Waals surface area contributed by atoms with Crippen molar-refractivity contribution in [2.75, 3.05) is 25.6 Å². The van der Waals surface area contributed by atoms with Crippen LogP contribution in [0.25, 0.3) is 0 Å². The van der Waals surface area contributed by atoms with Gasteiger partial charge in [-0.25, -0.2) is 16.8 Å². The average molecular weight is 313 g/mol. The molecule has 1 rings (SSSR count). The molecule has 18 heavy (non-hydrogen) atoms. The Balaban J connectivity index is 2.43. The normalized spacial score (nSPS) is 20.9. The Morgan fingerprint density at radius 2 is 1.83 bits per heavy atom. The lowest BCUT2D eigenvalue weighted by Crippen LogP contribution is -2.41. The lowest BCUT2D eigenvalue weighted by Gasteiger charge is -2.10. The zero-order chi connectivity index (χ0) is 14.0. The van der Waals surface area contributed by atoms with E-state index in [-0.39, 0.29) is 12.7 Å². The van der Waals surface area contributed by atoms with Crippen LogP contribution in [0.5, 0.6) is 0 Å². The third-order valence-electron chi connectivity index (χ3n) is 1.74. The zero-order valence-electron chi connectivity index (χ0n) is 8.81. The fraction of sp³-hybridized carbons (Fsp3) is 1.00. The molecule has 12 heteroatoms. The first-order valence-corrected chi connectivity index (χ1v) is 7.69. The second-order valence-electron chi connectivity index (χ2n) is 3.38. The van der Waals surface area contributed by atoms with Crippen LogP contribution in [0.2, 0.25) is 0 Å². The van der Waals surface area contributed by atoms with Gasteiger partial charge in [0.1, 0.15) is 6.10 Å². The molecule has 0 aromatic rings. The minimum Gasteiger partial charge on any atom is -0.378 e. The molecule has 1 fully saturated rings. The maximum atomic E-state index is 11.9. The molecule has 1 saturated heterocycles. The Hall–Kier alpha value is -0.430. The Morgan fingerprint density at radius 3 is 2.28 bits per heavy atom. The molecule has 0 bridgehead atoms. The predicted octanol–water partition coefficient (Wildman–Crippen LogP) is -0.829. The number of sulfonamides is 2. The van der Waals surface area contributed by atoms with Crippen LogP contribution in [0, 0.1) is 0 Å². The number of alkyl halides is 3. The van der Waals surface area contributed by atoms with E-state index in [1.807, 2.05) is 0 Å². The molecule has 1 N–H and O–H groups in total. The van der Waals surface area contributed by atoms with Crippen LogP contribution < -0.4 is 4.13 Å². The van der Waals surface area contributed by atoms with Crippen molar-refractivity contribution in [1.82, 2.24) is 4.13 Å². The Morgan fingerprint density at radius 1 is 1.28 bits per heavy atom. The molecule has 0 spiro atoms. The molecule has 0 amide bonds. The smallest absolute Gasteiger partial charge is 0.378 e. The largest absolute Gasteiger partial charge is 0.512 e. The van der Waals surface area contributed by atoms with Crippen LogP contribution in [0.3, 0.4) is 0 Å². The maximum Gasteiger partial charge on any atom is 0.512 e. The first kappa shape index (κ1) is 15.6. The highest BCUT2D eigenvalue weighted by Gasteiger charge is 2.48. The van der Waals surface area contributed by atoms with Gasteiger partial charge >= 0.3 is 15.5 Å². The Bertz CT molecular complexity index is 480. The molecular weight excluding hydrogens is 303 g/mol. The van der Waals surface area contributed by atoms with Crippen molar-refractivity contribution >= 4 is 20.0 Å². The quantitative estimate of drug-likeness (QED) is 0.486. The van der Waals surface area contributed by atoms with Crippen molar-refractivity contribution in [3.05, 3.63) is 0 Å². The molecular formula is C6H10F3NO6S2. The zero-order valence-corrected chi connectivity index (χ0v) is 10.4. The highest BCUT2D eigenvalue weighted by molar-refractivity contribution is 8.05. The number of epoxide rings is 1. The molecule has 1 heterocycles. The van der Waals surface area contributed by atoms with E-state index in [9.17, 15) is 30.0 Å². The summed E-state index contributed by atoms with van der Waals surface area (Å²) in [5, 5.41) is 0. The number of rotatable bonds is 7. The van der Waals surface area contributed by atoms with Gasteiger partial charge in [0.15, 0.2) is 0 Å². The molecule has 1 atom stereocenters. The van der Waals surface area contributed by atoms with E-state index in [0.29, 0.717) is 10.7 Å². The molecule has 0 aromatic heterocycles. The lowest BCUT2D eigenvalue weighted by molar-refractivity contribution is -0.0441. The summed E-state index contributed by atoms with van der Waals surface area (Å²) in [6, 6.07) is 0. The van der Waals surface area contributed by atoms with Gasteiger partial charge in [-0.1, -0.05) is 0 Å². The van der Waals surface area contributed by atoms with E-state index in [1.165, 1.54) is 0 Å². The van der Waals surface area contributed by atoms with E-state index in [4.69, 9.17) is 9.47 Å². The van der Waals surface area contributed by atoms with Crippen molar-refractivity contribution in [2.45, 2.75) is 11.6 Å². The molecule has 0 radical (unpaired) electrons. The van der Waals surface area contributed by atoms with Gasteiger partial charge in [0.2, 0.25) is 10.0 Å². The molecule has 108 valence electrons. The van der Waals surface area contributed by atoms with Gasteiger partial charge in [0, 0.05) is 0 Å². The topological polar surface area (TPSA) is 102 Å². The summed E-state index contributed by atoms with van der Waals surface area (Å²) in [4.78, 5) is 0. The van der Waals surface area contributed by atoms with Crippen LogP contribution in [-0.2, 0) is 29.5 Å². The van der Waals surface area contributed by atoms with Crippen LogP contribution in [-0.4, -0.2) is 54.0 Å². The van der Waals surface area contributed by atoms with Gasteiger partial charge in [-0.2, -0.15) is 13.2 Å². The minimum atomic E-state index is -5.91. The SMILES string of the molecule is O=S(=O)(CCOCC1CO1)NS(=O)(=O)C(F)(F)F. The molecule has 0 saturated carbocycles. The standard InChI is InChI=1S/C6H10F3NO6S2/c7-6(8,9)18(13,14)10-17(11,12)2-1-15-3-5-4-16-5/h5,10H,1-4H2. The second-order valence-corrected chi connectivity index (χ2v) is 7.16. The highest BCUT2D eigenvalue weighted by atomic mass is 32.3. The highest BCUT2D eigenvalue weighted by Crippen LogP contribution is 2.22. The van der Waals surface area contributed by atoms with Gasteiger partial charge in [0.25, 0.3) is 0 Å². The van der Waals surface area contributed by atoms with Crippen LogP contribution in [0.4, 0.5) is 13.2 Å². The van der Waals surface area contributed by atoms with E-state index in [2.05, 4.69) is 0 Å². The van der Waals surface area contributed by atoms with Crippen molar-refractivity contribution in [3.8, 4) is 0 Å². The number of ether oxygens (including phenoxy) is 2. The minimum absolute atomic E-state index is 0.113. The van der Waals surface area contributed by atoms with E-state index >= 15 is 0 Å². The van der Waals surface area contributed by atoms with E-state index in [0.717, 1.165) is 0 Å². The van der Waals surface area contributed by atoms with Crippen molar-refractivity contribution in [3.63, 3.8) is 0 Å². The summed E-state index contributed by atoms with van der Waals surface area (Å²) in [5.41, 5.74) is -5.68. The number of hydrogen-bond acceptors (Lipinski definition) is 6. The Kier molecular flexibility index (Phi) is 4.59. The van der Waals surface area contributed by atoms with Gasteiger partial charge in [0.05, 0.1) is 25.6 Å². The molecule has 1 unspecified atom stereocenters. The monoisotopic (exact) mass is 313 g/mol. The molecule has 1 aliphatic rings. The fourth-order valence-corrected chi connectivity index (χ4v) is 3.19.